The van der Waals surface area contributed by atoms with Crippen molar-refractivity contribution in [1.29, 1.82) is 0 Å². The predicted molar refractivity (Wildman–Crippen MR) is 109 cm³/mol. The first-order valence-electron chi connectivity index (χ1n) is 10.1. The molecule has 2 atom stereocenters. The Kier molecular flexibility index (Phi) is 5.47. The lowest BCUT2D eigenvalue weighted by molar-refractivity contribution is -0.146. The molecule has 4 rings (SSSR count). The summed E-state index contributed by atoms with van der Waals surface area (Å²) in [4.78, 5) is 15.5. The summed E-state index contributed by atoms with van der Waals surface area (Å²) in [6.07, 6.45) is 6.55. The topological polar surface area (TPSA) is 79.5 Å². The van der Waals surface area contributed by atoms with Crippen molar-refractivity contribution >= 4 is 26.9 Å². The molecule has 152 valence electrons. The van der Waals surface area contributed by atoms with Crippen LogP contribution in [0.2, 0.25) is 0 Å². The number of carbonyl (C=O) groups excluding carboxylic acids is 1. The van der Waals surface area contributed by atoms with E-state index in [9.17, 15) is 13.2 Å². The molecule has 1 saturated heterocycles. The van der Waals surface area contributed by atoms with Gasteiger partial charge in [-0.3, -0.25) is 4.79 Å². The Morgan fingerprint density at radius 1 is 1.11 bits per heavy atom. The number of nitrogens with zero attached hydrogens (tertiary/aromatic N) is 1. The SMILES string of the molecule is COC(=O)[C@H]1CCCC[C@H]1S(=O)(=O)N1CCC(c2c[nH]c3ccccc23)CC1. The summed E-state index contributed by atoms with van der Waals surface area (Å²) in [7, 11) is -2.16. The highest BCUT2D eigenvalue weighted by Crippen LogP contribution is 2.37. The molecule has 0 spiro atoms. The van der Waals surface area contributed by atoms with Gasteiger partial charge < -0.3 is 9.72 Å². The van der Waals surface area contributed by atoms with Gasteiger partial charge in [0, 0.05) is 30.2 Å². The Hall–Kier alpha value is -1.86. The maximum Gasteiger partial charge on any atom is 0.310 e. The Balaban J connectivity index is 1.48. The van der Waals surface area contributed by atoms with Crippen molar-refractivity contribution in [2.45, 2.75) is 49.7 Å². The highest BCUT2D eigenvalue weighted by molar-refractivity contribution is 7.89. The third kappa shape index (κ3) is 3.46. The van der Waals surface area contributed by atoms with Crippen LogP contribution in [0.4, 0.5) is 0 Å². The number of piperidine rings is 1. The quantitative estimate of drug-likeness (QED) is 0.792. The number of carbonyl (C=O) groups is 1. The molecule has 2 aliphatic rings. The summed E-state index contributed by atoms with van der Waals surface area (Å²) in [5, 5.41) is 0.584. The van der Waals surface area contributed by atoms with Gasteiger partial charge in [-0.2, -0.15) is 0 Å². The highest BCUT2D eigenvalue weighted by Gasteiger charge is 2.44. The van der Waals surface area contributed by atoms with E-state index >= 15 is 0 Å². The third-order valence-electron chi connectivity index (χ3n) is 6.46. The van der Waals surface area contributed by atoms with Gasteiger partial charge in [-0.05, 0) is 43.2 Å². The molecular formula is C21H28N2O4S. The summed E-state index contributed by atoms with van der Waals surface area (Å²) in [5.74, 6) is -0.567. The second kappa shape index (κ2) is 7.87. The maximum atomic E-state index is 13.3. The zero-order valence-corrected chi connectivity index (χ0v) is 17.1. The standard InChI is InChI=1S/C21H28N2O4S/c1-27-21(24)17-7-3-5-9-20(17)28(25,26)23-12-10-15(11-13-23)18-14-22-19-8-4-2-6-16(18)19/h2,4,6,8,14-15,17,20,22H,3,5,7,9-13H2,1H3/t17-,20+/m0/s1. The minimum Gasteiger partial charge on any atom is -0.469 e. The van der Waals surface area contributed by atoms with E-state index in [1.54, 1.807) is 4.31 Å². The lowest BCUT2D eigenvalue weighted by atomic mass is 9.89. The minimum absolute atomic E-state index is 0.352. The Morgan fingerprint density at radius 2 is 1.82 bits per heavy atom. The first kappa shape index (κ1) is 19.5. The van der Waals surface area contributed by atoms with Gasteiger partial charge in [0.2, 0.25) is 10.0 Å². The summed E-state index contributed by atoms with van der Waals surface area (Å²) >= 11 is 0. The summed E-state index contributed by atoms with van der Waals surface area (Å²) in [5.41, 5.74) is 2.40. The lowest BCUT2D eigenvalue weighted by Crippen LogP contribution is -2.48. The molecular weight excluding hydrogens is 376 g/mol. The van der Waals surface area contributed by atoms with E-state index in [1.807, 2.05) is 12.1 Å². The van der Waals surface area contributed by atoms with E-state index in [4.69, 9.17) is 4.74 Å². The molecule has 2 aromatic rings. The first-order valence-corrected chi connectivity index (χ1v) is 11.7. The number of hydrogen-bond acceptors (Lipinski definition) is 4. The van der Waals surface area contributed by atoms with Crippen LogP contribution in [0.5, 0.6) is 0 Å². The number of benzene rings is 1. The van der Waals surface area contributed by atoms with Crippen LogP contribution in [0, 0.1) is 5.92 Å². The van der Waals surface area contributed by atoms with Crippen molar-refractivity contribution in [1.82, 2.24) is 9.29 Å². The van der Waals surface area contributed by atoms with Crippen molar-refractivity contribution in [3.05, 3.63) is 36.0 Å². The van der Waals surface area contributed by atoms with Gasteiger partial charge in [0.15, 0.2) is 0 Å². The lowest BCUT2D eigenvalue weighted by Gasteiger charge is -2.37. The maximum absolute atomic E-state index is 13.3. The average Bonchev–Trinajstić information content (AvgIpc) is 3.17. The van der Waals surface area contributed by atoms with E-state index in [0.717, 1.165) is 31.2 Å². The number of rotatable bonds is 4. The highest BCUT2D eigenvalue weighted by atomic mass is 32.2. The van der Waals surface area contributed by atoms with Crippen LogP contribution in [-0.4, -0.2) is 49.1 Å². The Bertz CT molecular complexity index is 944. The van der Waals surface area contributed by atoms with Gasteiger partial charge in [-0.1, -0.05) is 31.0 Å². The second-order valence-corrected chi connectivity index (χ2v) is 10.1. The van der Waals surface area contributed by atoms with Crippen molar-refractivity contribution in [3.63, 3.8) is 0 Å². The molecule has 6 nitrogen and oxygen atoms in total. The zero-order chi connectivity index (χ0) is 19.7. The summed E-state index contributed by atoms with van der Waals surface area (Å²) in [6.45, 7) is 1.02. The zero-order valence-electron chi connectivity index (χ0n) is 16.3. The van der Waals surface area contributed by atoms with Crippen LogP contribution in [0.3, 0.4) is 0 Å². The molecule has 1 aliphatic heterocycles. The molecule has 2 heterocycles. The van der Waals surface area contributed by atoms with Crippen LogP contribution in [0.15, 0.2) is 30.5 Å². The fraction of sp³-hybridized carbons (Fsp3) is 0.571. The average molecular weight is 405 g/mol. The number of aromatic nitrogens is 1. The molecule has 1 aliphatic carbocycles. The van der Waals surface area contributed by atoms with E-state index in [-0.39, 0.29) is 5.97 Å². The van der Waals surface area contributed by atoms with Gasteiger partial charge in [-0.25, -0.2) is 12.7 Å². The molecule has 0 unspecified atom stereocenters. The molecule has 0 amide bonds. The first-order chi connectivity index (χ1) is 13.5. The Morgan fingerprint density at radius 3 is 2.57 bits per heavy atom. The molecule has 0 radical (unpaired) electrons. The van der Waals surface area contributed by atoms with Gasteiger partial charge >= 0.3 is 5.97 Å². The molecule has 28 heavy (non-hydrogen) atoms. The van der Waals surface area contributed by atoms with Gasteiger partial charge in [0.05, 0.1) is 18.3 Å². The van der Waals surface area contributed by atoms with Gasteiger partial charge in [0.1, 0.15) is 0 Å². The molecule has 7 heteroatoms. The number of sulfonamides is 1. The Labute approximate surface area is 166 Å². The molecule has 1 aromatic heterocycles. The summed E-state index contributed by atoms with van der Waals surface area (Å²) in [6, 6.07) is 8.23. The van der Waals surface area contributed by atoms with Crippen molar-refractivity contribution in [3.8, 4) is 0 Å². The van der Waals surface area contributed by atoms with Gasteiger partial charge in [0.25, 0.3) is 0 Å². The van der Waals surface area contributed by atoms with Crippen LogP contribution in [0.25, 0.3) is 10.9 Å². The van der Waals surface area contributed by atoms with Crippen LogP contribution < -0.4 is 0 Å². The second-order valence-electron chi connectivity index (χ2n) is 7.96. The van der Waals surface area contributed by atoms with Crippen molar-refractivity contribution in [2.24, 2.45) is 5.92 Å². The minimum atomic E-state index is -3.50. The van der Waals surface area contributed by atoms with Crippen molar-refractivity contribution in [2.75, 3.05) is 20.2 Å². The number of para-hydroxylation sites is 1. The van der Waals surface area contributed by atoms with E-state index < -0.39 is 21.2 Å². The molecule has 2 fully saturated rings. The monoisotopic (exact) mass is 404 g/mol. The van der Waals surface area contributed by atoms with Crippen LogP contribution in [-0.2, 0) is 19.6 Å². The largest absolute Gasteiger partial charge is 0.469 e. The van der Waals surface area contributed by atoms with E-state index in [2.05, 4.69) is 23.3 Å². The number of hydrogen-bond donors (Lipinski definition) is 1. The number of fused-ring (bicyclic) bond motifs is 1. The number of esters is 1. The molecule has 0 bridgehead atoms. The normalized spacial score (nSPS) is 25.0. The molecule has 1 aromatic carbocycles. The van der Waals surface area contributed by atoms with Crippen LogP contribution in [0.1, 0.15) is 50.0 Å². The van der Waals surface area contributed by atoms with Gasteiger partial charge in [-0.15, -0.1) is 0 Å². The van der Waals surface area contributed by atoms with Crippen LogP contribution >= 0.6 is 0 Å². The fourth-order valence-corrected chi connectivity index (χ4v) is 7.15. The van der Waals surface area contributed by atoms with E-state index in [0.29, 0.717) is 31.8 Å². The molecule has 1 saturated carbocycles. The number of aromatic amines is 1. The van der Waals surface area contributed by atoms with E-state index in [1.165, 1.54) is 18.1 Å². The molecule has 1 N–H and O–H groups in total. The fourth-order valence-electron chi connectivity index (χ4n) is 4.92. The van der Waals surface area contributed by atoms with Crippen molar-refractivity contribution < 1.29 is 17.9 Å². The predicted octanol–water partition coefficient (Wildman–Crippen LogP) is 3.41. The third-order valence-corrected chi connectivity index (χ3v) is 8.88. The summed E-state index contributed by atoms with van der Waals surface area (Å²) < 4.78 is 33.1. The number of ether oxygens (including phenoxy) is 1. The smallest absolute Gasteiger partial charge is 0.310 e. The number of methoxy groups -OCH3 is 1. The number of nitrogens with one attached hydrogen (secondary N) is 1. The number of H-pyrrole nitrogens is 1.